The number of halogens is 3. The number of nitrogens with zero attached hydrogens (tertiary/aromatic N) is 1. The molecule has 27 heavy (non-hydrogen) atoms. The first-order valence-corrected chi connectivity index (χ1v) is 9.23. The third kappa shape index (κ3) is 5.44. The molecular weight excluding hydrogens is 383 g/mol. The van der Waals surface area contributed by atoms with Crippen LogP contribution in [0.1, 0.15) is 11.1 Å². The fourth-order valence-electron chi connectivity index (χ4n) is 2.33. The van der Waals surface area contributed by atoms with E-state index in [9.17, 15) is 26.4 Å². The van der Waals surface area contributed by atoms with Gasteiger partial charge in [-0.3, -0.25) is 4.79 Å². The highest BCUT2D eigenvalue weighted by atomic mass is 32.2. The molecule has 0 bridgehead atoms. The summed E-state index contributed by atoms with van der Waals surface area (Å²) in [5, 5.41) is 7.24. The molecule has 2 aromatic carbocycles. The van der Waals surface area contributed by atoms with Gasteiger partial charge in [0.2, 0.25) is 15.9 Å². The zero-order chi connectivity index (χ0) is 20.4. The Morgan fingerprint density at radius 3 is 2.19 bits per heavy atom. The number of anilines is 2. The van der Waals surface area contributed by atoms with Crippen molar-refractivity contribution in [3.63, 3.8) is 0 Å². The average Bonchev–Trinajstić information content (AvgIpc) is 2.53. The number of nitrogens with one attached hydrogen (secondary N) is 1. The van der Waals surface area contributed by atoms with Crippen molar-refractivity contribution in [3.05, 3.63) is 53.6 Å². The summed E-state index contributed by atoms with van der Waals surface area (Å²) in [7, 11) is -0.639. The maximum atomic E-state index is 13.3. The molecule has 1 amide bonds. The van der Waals surface area contributed by atoms with Crippen molar-refractivity contribution in [2.75, 3.05) is 24.3 Å². The predicted molar refractivity (Wildman–Crippen MR) is 95.9 cm³/mol. The van der Waals surface area contributed by atoms with Gasteiger partial charge in [-0.2, -0.15) is 13.2 Å². The zero-order valence-electron chi connectivity index (χ0n) is 14.5. The fourth-order valence-corrected chi connectivity index (χ4v) is 2.85. The number of rotatable bonds is 5. The minimum Gasteiger partial charge on any atom is -0.378 e. The highest BCUT2D eigenvalue weighted by Gasteiger charge is 2.34. The molecule has 146 valence electrons. The molecule has 2 aromatic rings. The van der Waals surface area contributed by atoms with Crippen molar-refractivity contribution in [2.45, 2.75) is 17.5 Å². The van der Waals surface area contributed by atoms with Crippen LogP contribution in [0.3, 0.4) is 0 Å². The van der Waals surface area contributed by atoms with Crippen LogP contribution in [-0.4, -0.2) is 28.4 Å². The summed E-state index contributed by atoms with van der Waals surface area (Å²) in [5.41, 5.74) is -0.525. The van der Waals surface area contributed by atoms with Crippen molar-refractivity contribution in [2.24, 2.45) is 5.14 Å². The van der Waals surface area contributed by atoms with E-state index in [0.717, 1.165) is 6.07 Å². The van der Waals surface area contributed by atoms with Crippen LogP contribution >= 0.6 is 0 Å². The Hall–Kier alpha value is -2.59. The predicted octanol–water partition coefficient (Wildman–Crippen LogP) is 2.60. The summed E-state index contributed by atoms with van der Waals surface area (Å²) < 4.78 is 62.3. The third-order valence-corrected chi connectivity index (χ3v) is 4.64. The Morgan fingerprint density at radius 2 is 1.70 bits per heavy atom. The molecule has 0 saturated carbocycles. The summed E-state index contributed by atoms with van der Waals surface area (Å²) in [5.74, 6) is -0.665. The van der Waals surface area contributed by atoms with Crippen molar-refractivity contribution in [1.29, 1.82) is 0 Å². The highest BCUT2D eigenvalue weighted by Crippen LogP contribution is 2.37. The highest BCUT2D eigenvalue weighted by molar-refractivity contribution is 7.89. The molecule has 0 spiro atoms. The minimum atomic E-state index is -4.63. The van der Waals surface area contributed by atoms with Gasteiger partial charge in [-0.25, -0.2) is 13.6 Å². The molecule has 0 fully saturated rings. The Labute approximate surface area is 154 Å². The normalized spacial score (nSPS) is 11.9. The summed E-state index contributed by atoms with van der Waals surface area (Å²) in [6.45, 7) is 0. The lowest BCUT2D eigenvalue weighted by molar-refractivity contribution is -0.136. The molecule has 6 nitrogen and oxygen atoms in total. The van der Waals surface area contributed by atoms with Gasteiger partial charge in [-0.05, 0) is 35.9 Å². The maximum Gasteiger partial charge on any atom is 0.418 e. The van der Waals surface area contributed by atoms with E-state index < -0.39 is 27.7 Å². The Balaban J connectivity index is 2.20. The number of carbonyl (C=O) groups is 1. The van der Waals surface area contributed by atoms with Crippen molar-refractivity contribution in [3.8, 4) is 0 Å². The average molecular weight is 401 g/mol. The molecular formula is C17H18F3N3O3S. The SMILES string of the molecule is CN(C)c1ccc(NC(=O)Cc2ccc(S(N)(=O)=O)cc2)c(C(F)(F)F)c1. The van der Waals surface area contributed by atoms with Crippen LogP contribution < -0.4 is 15.4 Å². The number of nitrogens with two attached hydrogens (primary N) is 1. The summed E-state index contributed by atoms with van der Waals surface area (Å²) in [6.07, 6.45) is -4.86. The van der Waals surface area contributed by atoms with Crippen molar-refractivity contribution in [1.82, 2.24) is 0 Å². The van der Waals surface area contributed by atoms with Gasteiger partial charge in [0.1, 0.15) is 0 Å². The second-order valence-electron chi connectivity index (χ2n) is 6.04. The molecule has 3 N–H and O–H groups in total. The van der Waals surface area contributed by atoms with E-state index in [1.54, 1.807) is 14.1 Å². The first-order chi connectivity index (χ1) is 12.4. The van der Waals surface area contributed by atoms with Gasteiger partial charge >= 0.3 is 6.18 Å². The van der Waals surface area contributed by atoms with Gasteiger partial charge < -0.3 is 10.2 Å². The first kappa shape index (κ1) is 20.7. The van der Waals surface area contributed by atoms with Crippen LogP contribution in [0.15, 0.2) is 47.4 Å². The molecule has 0 aliphatic carbocycles. The number of hydrogen-bond acceptors (Lipinski definition) is 4. The lowest BCUT2D eigenvalue weighted by Crippen LogP contribution is -2.19. The second-order valence-corrected chi connectivity index (χ2v) is 7.60. The molecule has 0 heterocycles. The first-order valence-electron chi connectivity index (χ1n) is 7.68. The fraction of sp³-hybridized carbons (Fsp3) is 0.235. The lowest BCUT2D eigenvalue weighted by Gasteiger charge is -2.18. The van der Waals surface area contributed by atoms with Crippen LogP contribution in [-0.2, 0) is 27.4 Å². The summed E-state index contributed by atoms with van der Waals surface area (Å²) in [6, 6.07) is 8.82. The molecule has 0 radical (unpaired) electrons. The van der Waals surface area contributed by atoms with Gasteiger partial charge in [0.05, 0.1) is 22.6 Å². The van der Waals surface area contributed by atoms with Crippen LogP contribution in [0.4, 0.5) is 24.5 Å². The van der Waals surface area contributed by atoms with Crippen LogP contribution in [0.25, 0.3) is 0 Å². The number of alkyl halides is 3. The Bertz CT molecular complexity index is 940. The van der Waals surface area contributed by atoms with E-state index in [-0.39, 0.29) is 17.0 Å². The van der Waals surface area contributed by atoms with E-state index in [1.165, 1.54) is 41.3 Å². The number of amides is 1. The number of sulfonamides is 1. The quantitative estimate of drug-likeness (QED) is 0.806. The van der Waals surface area contributed by atoms with Crippen molar-refractivity contribution < 1.29 is 26.4 Å². The largest absolute Gasteiger partial charge is 0.418 e. The number of carbonyl (C=O) groups excluding carboxylic acids is 1. The van der Waals surface area contributed by atoms with E-state index in [2.05, 4.69) is 5.32 Å². The monoisotopic (exact) mass is 401 g/mol. The molecule has 2 rings (SSSR count). The molecule has 0 unspecified atom stereocenters. The summed E-state index contributed by atoms with van der Waals surface area (Å²) >= 11 is 0. The Kier molecular flexibility index (Phi) is 5.81. The molecule has 0 aromatic heterocycles. The van der Waals surface area contributed by atoms with Gasteiger partial charge in [-0.15, -0.1) is 0 Å². The smallest absolute Gasteiger partial charge is 0.378 e. The topological polar surface area (TPSA) is 92.5 Å². The van der Waals surface area contributed by atoms with Crippen molar-refractivity contribution >= 4 is 27.3 Å². The van der Waals surface area contributed by atoms with E-state index in [0.29, 0.717) is 11.3 Å². The van der Waals surface area contributed by atoms with Crippen LogP contribution in [0.5, 0.6) is 0 Å². The Morgan fingerprint density at radius 1 is 1.11 bits per heavy atom. The number of benzene rings is 2. The molecule has 0 aliphatic heterocycles. The maximum absolute atomic E-state index is 13.3. The lowest BCUT2D eigenvalue weighted by atomic mass is 10.1. The number of hydrogen-bond donors (Lipinski definition) is 2. The minimum absolute atomic E-state index is 0.120. The van der Waals surface area contributed by atoms with E-state index in [1.807, 2.05) is 0 Å². The van der Waals surface area contributed by atoms with Gasteiger partial charge in [-0.1, -0.05) is 12.1 Å². The van der Waals surface area contributed by atoms with Gasteiger partial charge in [0.25, 0.3) is 0 Å². The molecule has 10 heteroatoms. The van der Waals surface area contributed by atoms with Crippen LogP contribution in [0.2, 0.25) is 0 Å². The number of primary sulfonamides is 1. The standard InChI is InChI=1S/C17H18F3N3O3S/c1-23(2)12-5-8-15(14(10-12)17(18,19)20)22-16(24)9-11-3-6-13(7-4-11)27(21,25)26/h3-8,10H,9H2,1-2H3,(H,22,24)(H2,21,25,26). The molecule has 0 aliphatic rings. The zero-order valence-corrected chi connectivity index (χ0v) is 15.4. The molecule has 0 atom stereocenters. The summed E-state index contributed by atoms with van der Waals surface area (Å²) in [4.78, 5) is 13.5. The van der Waals surface area contributed by atoms with Crippen LogP contribution in [0, 0.1) is 0 Å². The molecule has 0 saturated heterocycles. The van der Waals surface area contributed by atoms with E-state index >= 15 is 0 Å². The van der Waals surface area contributed by atoms with Gasteiger partial charge in [0.15, 0.2) is 0 Å². The van der Waals surface area contributed by atoms with E-state index in [4.69, 9.17) is 5.14 Å². The second kappa shape index (κ2) is 7.57. The third-order valence-electron chi connectivity index (χ3n) is 3.72. The van der Waals surface area contributed by atoms with Gasteiger partial charge in [0, 0.05) is 19.8 Å².